The van der Waals surface area contributed by atoms with Crippen molar-refractivity contribution >= 4 is 10.1 Å². The van der Waals surface area contributed by atoms with Crippen molar-refractivity contribution in [3.8, 4) is 0 Å². The molecule has 0 aromatic rings. The van der Waals surface area contributed by atoms with E-state index in [1.54, 1.807) is 0 Å². The van der Waals surface area contributed by atoms with E-state index in [-0.39, 0.29) is 35.7 Å². The number of hydrogen-bond acceptors (Lipinski definition) is 4. The first kappa shape index (κ1) is 23.1. The number of hydrogen-bond donors (Lipinski definition) is 1. The Morgan fingerprint density at radius 2 is 1.50 bits per heavy atom. The second-order valence-corrected chi connectivity index (χ2v) is 6.99. The number of aliphatic hydroxyl groups is 1. The molecule has 0 aromatic carbocycles. The Labute approximate surface area is 146 Å². The van der Waals surface area contributed by atoms with Crippen molar-refractivity contribution in [3.63, 3.8) is 0 Å². The van der Waals surface area contributed by atoms with E-state index in [4.69, 9.17) is 0 Å². The van der Waals surface area contributed by atoms with Crippen LogP contribution in [0.25, 0.3) is 0 Å². The van der Waals surface area contributed by atoms with Gasteiger partial charge in [0.05, 0.1) is 16.2 Å². The summed E-state index contributed by atoms with van der Waals surface area (Å²) in [5.74, 6) is 0. The molecule has 0 aliphatic rings. The third kappa shape index (κ3) is 12.6. The second-order valence-electron chi connectivity index (χ2n) is 5.34. The van der Waals surface area contributed by atoms with Crippen LogP contribution in [0.3, 0.4) is 0 Å². The average Bonchev–Trinajstić information content (AvgIpc) is 2.32. The van der Waals surface area contributed by atoms with Crippen molar-refractivity contribution in [1.29, 1.82) is 0 Å². The zero-order valence-corrected chi connectivity index (χ0v) is 16.1. The van der Waals surface area contributed by atoms with Crippen molar-refractivity contribution in [1.82, 2.24) is 0 Å². The summed E-state index contributed by atoms with van der Waals surface area (Å²) in [6.45, 7) is 4.02. The van der Waals surface area contributed by atoms with Gasteiger partial charge in [-0.1, -0.05) is 46.0 Å². The van der Waals surface area contributed by atoms with E-state index in [1.165, 1.54) is 12.8 Å². The maximum Gasteiger partial charge on any atom is 1.00 e. The molecule has 0 aliphatic heterocycles. The molecule has 116 valence electrons. The fourth-order valence-corrected chi connectivity index (χ4v) is 3.27. The van der Waals surface area contributed by atoms with Gasteiger partial charge in [0, 0.05) is 5.25 Å². The summed E-state index contributed by atoms with van der Waals surface area (Å²) in [7, 11) is -4.18. The molecule has 0 saturated heterocycles. The standard InChI is InChI=1S/C14H30O4S.Na/c1-3-5-6-7-10-13(15)11-8-12-14(9-4-2)19(16,17)18;/h13-15H,3-12H2,1-2H3,(H,16,17,18);/q;+1/p-1. The Balaban J connectivity index is 0. The topological polar surface area (TPSA) is 77.4 Å². The third-order valence-electron chi connectivity index (χ3n) is 3.47. The largest absolute Gasteiger partial charge is 1.00 e. The van der Waals surface area contributed by atoms with Crippen LogP contribution < -0.4 is 29.6 Å². The van der Waals surface area contributed by atoms with Crippen molar-refractivity contribution in [2.24, 2.45) is 0 Å². The fraction of sp³-hybridized carbons (Fsp3) is 1.00. The van der Waals surface area contributed by atoms with E-state index in [2.05, 4.69) is 6.92 Å². The normalized spacial score (nSPS) is 14.6. The molecule has 0 bridgehead atoms. The van der Waals surface area contributed by atoms with Crippen LogP contribution in [-0.4, -0.2) is 29.4 Å². The molecule has 0 aliphatic carbocycles. The van der Waals surface area contributed by atoms with E-state index >= 15 is 0 Å². The SMILES string of the molecule is CCCCCCC(O)CCCC(CCC)S(=O)(=O)[O-].[Na+]. The molecule has 2 unspecified atom stereocenters. The predicted octanol–water partition coefficient (Wildman–Crippen LogP) is 0.206. The van der Waals surface area contributed by atoms with Gasteiger partial charge in [-0.15, -0.1) is 0 Å². The van der Waals surface area contributed by atoms with Gasteiger partial charge in [0.15, 0.2) is 0 Å². The summed E-state index contributed by atoms with van der Waals surface area (Å²) in [4.78, 5) is 0. The smallest absolute Gasteiger partial charge is 0.748 e. The first-order valence-corrected chi connectivity index (χ1v) is 9.01. The molecule has 6 heteroatoms. The van der Waals surface area contributed by atoms with E-state index < -0.39 is 15.4 Å². The van der Waals surface area contributed by atoms with Crippen LogP contribution in [0.4, 0.5) is 0 Å². The van der Waals surface area contributed by atoms with Crippen LogP contribution in [0.2, 0.25) is 0 Å². The molecular formula is C14H29NaO4S. The molecule has 0 amide bonds. The van der Waals surface area contributed by atoms with Gasteiger partial charge in [0.1, 0.15) is 0 Å². The van der Waals surface area contributed by atoms with Crippen molar-refractivity contribution < 1.29 is 47.6 Å². The zero-order valence-electron chi connectivity index (χ0n) is 13.3. The Bertz CT molecular complexity index is 306. The summed E-state index contributed by atoms with van der Waals surface area (Å²) in [5.41, 5.74) is 0. The molecule has 1 N–H and O–H groups in total. The Morgan fingerprint density at radius 3 is 2.00 bits per heavy atom. The Morgan fingerprint density at radius 1 is 0.900 bits per heavy atom. The number of aliphatic hydroxyl groups excluding tert-OH is 1. The van der Waals surface area contributed by atoms with Crippen molar-refractivity contribution in [2.75, 3.05) is 0 Å². The molecule has 0 fully saturated rings. The quantitative estimate of drug-likeness (QED) is 0.317. The number of unbranched alkanes of at least 4 members (excludes halogenated alkanes) is 3. The fourth-order valence-electron chi connectivity index (χ4n) is 2.29. The molecule has 4 nitrogen and oxygen atoms in total. The minimum Gasteiger partial charge on any atom is -0.748 e. The van der Waals surface area contributed by atoms with Crippen LogP contribution in [-0.2, 0) is 10.1 Å². The van der Waals surface area contributed by atoms with E-state index in [9.17, 15) is 18.1 Å². The summed E-state index contributed by atoms with van der Waals surface area (Å²) in [5, 5.41) is 8.99. The summed E-state index contributed by atoms with van der Waals surface area (Å²) >= 11 is 0. The van der Waals surface area contributed by atoms with Crippen LogP contribution in [0, 0.1) is 0 Å². The Kier molecular flexibility index (Phi) is 15.7. The van der Waals surface area contributed by atoms with Gasteiger partial charge >= 0.3 is 29.6 Å². The van der Waals surface area contributed by atoms with Gasteiger partial charge in [-0.3, -0.25) is 0 Å². The minimum absolute atomic E-state index is 0. The molecule has 0 rings (SSSR count). The van der Waals surface area contributed by atoms with Gasteiger partial charge in [-0.2, -0.15) is 0 Å². The molecular weight excluding hydrogens is 287 g/mol. The third-order valence-corrected chi connectivity index (χ3v) is 4.76. The molecule has 2 atom stereocenters. The van der Waals surface area contributed by atoms with Crippen molar-refractivity contribution in [3.05, 3.63) is 0 Å². The van der Waals surface area contributed by atoms with Gasteiger partial charge < -0.3 is 9.66 Å². The van der Waals surface area contributed by atoms with E-state index in [0.29, 0.717) is 32.1 Å². The summed E-state index contributed by atoms with van der Waals surface area (Å²) in [6, 6.07) is 0. The average molecular weight is 316 g/mol. The van der Waals surface area contributed by atoms with Crippen molar-refractivity contribution in [2.45, 2.75) is 89.4 Å². The van der Waals surface area contributed by atoms with Gasteiger partial charge in [-0.05, 0) is 32.1 Å². The first-order chi connectivity index (χ1) is 8.91. The molecule has 0 saturated carbocycles. The number of rotatable bonds is 12. The zero-order chi connectivity index (χ0) is 14.7. The predicted molar refractivity (Wildman–Crippen MR) is 77.0 cm³/mol. The monoisotopic (exact) mass is 316 g/mol. The summed E-state index contributed by atoms with van der Waals surface area (Å²) < 4.78 is 33.1. The molecule has 0 aromatic heterocycles. The van der Waals surface area contributed by atoms with E-state index in [1.807, 2.05) is 6.92 Å². The molecule has 20 heavy (non-hydrogen) atoms. The Hall–Kier alpha value is 0.870. The molecule has 0 spiro atoms. The molecule has 0 heterocycles. The van der Waals surface area contributed by atoms with Crippen LogP contribution in [0.5, 0.6) is 0 Å². The first-order valence-electron chi connectivity index (χ1n) is 7.54. The van der Waals surface area contributed by atoms with Gasteiger partial charge in [0.25, 0.3) is 0 Å². The maximum absolute atomic E-state index is 11.0. The summed E-state index contributed by atoms with van der Waals surface area (Å²) in [6.07, 6.45) is 7.68. The van der Waals surface area contributed by atoms with Crippen LogP contribution >= 0.6 is 0 Å². The van der Waals surface area contributed by atoms with Crippen LogP contribution in [0.1, 0.15) is 78.1 Å². The molecule has 0 radical (unpaired) electrons. The van der Waals surface area contributed by atoms with Gasteiger partial charge in [0.2, 0.25) is 0 Å². The van der Waals surface area contributed by atoms with Gasteiger partial charge in [-0.25, -0.2) is 8.42 Å². The minimum atomic E-state index is -4.18. The maximum atomic E-state index is 11.0. The van der Waals surface area contributed by atoms with E-state index in [0.717, 1.165) is 19.3 Å². The van der Waals surface area contributed by atoms with Crippen LogP contribution in [0.15, 0.2) is 0 Å². The second kappa shape index (κ2) is 13.5.